The zero-order valence-electron chi connectivity index (χ0n) is 13.5. The van der Waals surface area contributed by atoms with E-state index >= 15 is 0 Å². The van der Waals surface area contributed by atoms with Crippen molar-refractivity contribution in [2.45, 2.75) is 13.8 Å². The Bertz CT molecular complexity index is 769. The fraction of sp³-hybridized carbons (Fsp3) is 0.222. The molecule has 0 aromatic heterocycles. The van der Waals surface area contributed by atoms with Crippen LogP contribution in [0.1, 0.15) is 29.8 Å². The molecule has 124 valence electrons. The summed E-state index contributed by atoms with van der Waals surface area (Å²) in [4.78, 5) is 12.1. The minimum absolute atomic E-state index is 0.226. The van der Waals surface area contributed by atoms with Gasteiger partial charge in [0.05, 0.1) is 12.3 Å². The summed E-state index contributed by atoms with van der Waals surface area (Å²) in [5.41, 5.74) is 4.59. The van der Waals surface area contributed by atoms with Gasteiger partial charge in [-0.1, -0.05) is 0 Å². The van der Waals surface area contributed by atoms with E-state index in [0.29, 0.717) is 29.4 Å². The van der Waals surface area contributed by atoms with Gasteiger partial charge in [0.15, 0.2) is 11.5 Å². The Morgan fingerprint density at radius 1 is 1.12 bits per heavy atom. The van der Waals surface area contributed by atoms with Gasteiger partial charge in [-0.05, 0) is 56.3 Å². The zero-order chi connectivity index (χ0) is 16.9. The molecule has 1 heterocycles. The number of carbonyl (C=O) groups is 1. The molecular weight excluding hydrogens is 308 g/mol. The molecule has 24 heavy (non-hydrogen) atoms. The highest BCUT2D eigenvalue weighted by molar-refractivity contribution is 6.01. The van der Waals surface area contributed by atoms with Crippen LogP contribution < -0.4 is 19.6 Å². The first-order chi connectivity index (χ1) is 11.7. The smallest absolute Gasteiger partial charge is 0.271 e. The van der Waals surface area contributed by atoms with Crippen molar-refractivity contribution in [3.05, 3.63) is 53.6 Å². The van der Waals surface area contributed by atoms with Gasteiger partial charge in [0.2, 0.25) is 6.79 Å². The van der Waals surface area contributed by atoms with E-state index in [1.54, 1.807) is 24.3 Å². The molecule has 0 fully saturated rings. The Morgan fingerprint density at radius 3 is 2.58 bits per heavy atom. The molecule has 2 aromatic carbocycles. The summed E-state index contributed by atoms with van der Waals surface area (Å²) in [5.74, 6) is 1.84. The molecule has 0 radical (unpaired) electrons. The molecule has 1 aliphatic rings. The van der Waals surface area contributed by atoms with Crippen molar-refractivity contribution in [1.29, 1.82) is 0 Å². The van der Waals surface area contributed by atoms with Crippen LogP contribution in [-0.4, -0.2) is 25.0 Å². The summed E-state index contributed by atoms with van der Waals surface area (Å²) in [5, 5.41) is 4.14. The number of benzene rings is 2. The van der Waals surface area contributed by atoms with E-state index in [0.717, 1.165) is 11.3 Å². The molecule has 0 bridgehead atoms. The van der Waals surface area contributed by atoms with Crippen molar-refractivity contribution < 1.29 is 19.0 Å². The lowest BCUT2D eigenvalue weighted by Gasteiger charge is -2.06. The molecule has 0 atom stereocenters. The number of hydrogen-bond donors (Lipinski definition) is 1. The van der Waals surface area contributed by atoms with Crippen molar-refractivity contribution in [2.24, 2.45) is 5.10 Å². The Balaban J connectivity index is 1.66. The highest BCUT2D eigenvalue weighted by Gasteiger charge is 2.14. The molecule has 1 amide bonds. The van der Waals surface area contributed by atoms with Gasteiger partial charge in [-0.3, -0.25) is 4.79 Å². The second-order valence-corrected chi connectivity index (χ2v) is 5.16. The molecule has 2 aromatic rings. The van der Waals surface area contributed by atoms with Crippen molar-refractivity contribution >= 4 is 11.6 Å². The van der Waals surface area contributed by atoms with Gasteiger partial charge in [-0.15, -0.1) is 0 Å². The average Bonchev–Trinajstić information content (AvgIpc) is 3.08. The SMILES string of the molecule is CCOc1ccc(C(=O)NN=C(C)c2ccc3c(c2)OCO3)cc1. The molecular formula is C18H18N2O4. The number of hydrogen-bond acceptors (Lipinski definition) is 5. The molecule has 1 aliphatic heterocycles. The molecule has 0 saturated carbocycles. The van der Waals surface area contributed by atoms with Crippen LogP contribution in [0.3, 0.4) is 0 Å². The zero-order valence-corrected chi connectivity index (χ0v) is 13.5. The third-order valence-electron chi connectivity index (χ3n) is 3.54. The number of rotatable bonds is 5. The van der Waals surface area contributed by atoms with Crippen LogP contribution in [0.4, 0.5) is 0 Å². The summed E-state index contributed by atoms with van der Waals surface area (Å²) >= 11 is 0. The molecule has 6 nitrogen and oxygen atoms in total. The van der Waals surface area contributed by atoms with Gasteiger partial charge in [-0.25, -0.2) is 5.43 Å². The van der Waals surface area contributed by atoms with Crippen LogP contribution in [0, 0.1) is 0 Å². The van der Waals surface area contributed by atoms with Crippen LogP contribution in [0.2, 0.25) is 0 Å². The quantitative estimate of drug-likeness (QED) is 0.677. The molecule has 3 rings (SSSR count). The minimum atomic E-state index is -0.279. The van der Waals surface area contributed by atoms with Gasteiger partial charge in [0.25, 0.3) is 5.91 Å². The molecule has 1 N–H and O–H groups in total. The second kappa shape index (κ2) is 7.04. The summed E-state index contributed by atoms with van der Waals surface area (Å²) < 4.78 is 16.0. The van der Waals surface area contributed by atoms with E-state index in [2.05, 4.69) is 10.5 Å². The molecule has 0 saturated heterocycles. The Labute approximate surface area is 140 Å². The molecule has 0 aliphatic carbocycles. The predicted octanol–water partition coefficient (Wildman–Crippen LogP) is 2.97. The van der Waals surface area contributed by atoms with Gasteiger partial charge in [0, 0.05) is 11.1 Å². The molecule has 0 unspecified atom stereocenters. The lowest BCUT2D eigenvalue weighted by atomic mass is 10.1. The minimum Gasteiger partial charge on any atom is -0.494 e. The van der Waals surface area contributed by atoms with Crippen LogP contribution in [0.5, 0.6) is 17.2 Å². The third-order valence-corrected chi connectivity index (χ3v) is 3.54. The lowest BCUT2D eigenvalue weighted by Crippen LogP contribution is -2.19. The fourth-order valence-electron chi connectivity index (χ4n) is 2.25. The summed E-state index contributed by atoms with van der Waals surface area (Å²) in [6, 6.07) is 12.4. The van der Waals surface area contributed by atoms with E-state index in [9.17, 15) is 4.79 Å². The largest absolute Gasteiger partial charge is 0.494 e. The van der Waals surface area contributed by atoms with Crippen LogP contribution in [-0.2, 0) is 0 Å². The van der Waals surface area contributed by atoms with E-state index in [-0.39, 0.29) is 12.7 Å². The van der Waals surface area contributed by atoms with Crippen LogP contribution in [0.15, 0.2) is 47.6 Å². The summed E-state index contributed by atoms with van der Waals surface area (Å²) in [6.07, 6.45) is 0. The van der Waals surface area contributed by atoms with Crippen LogP contribution in [0.25, 0.3) is 0 Å². The van der Waals surface area contributed by atoms with Crippen molar-refractivity contribution in [1.82, 2.24) is 5.43 Å². The number of fused-ring (bicyclic) bond motifs is 1. The van der Waals surface area contributed by atoms with Gasteiger partial charge in [-0.2, -0.15) is 5.10 Å². The average molecular weight is 326 g/mol. The topological polar surface area (TPSA) is 69.2 Å². The maximum absolute atomic E-state index is 12.1. The monoisotopic (exact) mass is 326 g/mol. The number of ether oxygens (including phenoxy) is 3. The van der Waals surface area contributed by atoms with Gasteiger partial charge < -0.3 is 14.2 Å². The third kappa shape index (κ3) is 3.48. The van der Waals surface area contributed by atoms with E-state index in [4.69, 9.17) is 14.2 Å². The number of nitrogens with one attached hydrogen (secondary N) is 1. The first-order valence-electron chi connectivity index (χ1n) is 7.65. The highest BCUT2D eigenvalue weighted by atomic mass is 16.7. The Hall–Kier alpha value is -3.02. The first kappa shape index (κ1) is 15.9. The Morgan fingerprint density at radius 2 is 1.83 bits per heavy atom. The number of nitrogens with zero attached hydrogens (tertiary/aromatic N) is 1. The maximum Gasteiger partial charge on any atom is 0.271 e. The summed E-state index contributed by atoms with van der Waals surface area (Å²) in [6.45, 7) is 4.54. The van der Waals surface area contributed by atoms with Crippen molar-refractivity contribution in [3.63, 3.8) is 0 Å². The molecule has 6 heteroatoms. The van der Waals surface area contributed by atoms with Crippen molar-refractivity contribution in [3.8, 4) is 17.2 Å². The summed E-state index contributed by atoms with van der Waals surface area (Å²) in [7, 11) is 0. The van der Waals surface area contributed by atoms with E-state index in [1.807, 2.05) is 32.0 Å². The number of amides is 1. The van der Waals surface area contributed by atoms with Crippen molar-refractivity contribution in [2.75, 3.05) is 13.4 Å². The highest BCUT2D eigenvalue weighted by Crippen LogP contribution is 2.32. The Kier molecular flexibility index (Phi) is 4.65. The molecule has 0 spiro atoms. The van der Waals surface area contributed by atoms with E-state index < -0.39 is 0 Å². The first-order valence-corrected chi connectivity index (χ1v) is 7.65. The lowest BCUT2D eigenvalue weighted by molar-refractivity contribution is 0.0955. The van der Waals surface area contributed by atoms with E-state index in [1.165, 1.54) is 0 Å². The van der Waals surface area contributed by atoms with Crippen LogP contribution >= 0.6 is 0 Å². The van der Waals surface area contributed by atoms with Gasteiger partial charge in [0.1, 0.15) is 5.75 Å². The number of hydrazone groups is 1. The predicted molar refractivity (Wildman–Crippen MR) is 89.9 cm³/mol. The second-order valence-electron chi connectivity index (χ2n) is 5.16. The van der Waals surface area contributed by atoms with Gasteiger partial charge >= 0.3 is 0 Å². The number of carbonyl (C=O) groups excluding carboxylic acids is 1. The maximum atomic E-state index is 12.1. The fourth-order valence-corrected chi connectivity index (χ4v) is 2.25. The normalized spacial score (nSPS) is 12.8. The standard InChI is InChI=1S/C18H18N2O4/c1-3-22-15-7-4-13(5-8-15)18(21)20-19-12(2)14-6-9-16-17(10-14)24-11-23-16/h4-10H,3,11H2,1-2H3,(H,20,21).